The first-order valence-electron chi connectivity index (χ1n) is 8.34. The highest BCUT2D eigenvalue weighted by atomic mass is 16.4. The Bertz CT molecular complexity index is 793. The number of carbonyl (C=O) groups excluding carboxylic acids is 2. The third-order valence-corrected chi connectivity index (χ3v) is 4.57. The number of carboxylic acid groups (broad SMARTS) is 1. The zero-order valence-corrected chi connectivity index (χ0v) is 15.0. The number of H-pyrrole nitrogens is 1. The third kappa shape index (κ3) is 3.81. The fourth-order valence-corrected chi connectivity index (χ4v) is 3.24. The number of fused-ring (bicyclic) bond motifs is 1. The summed E-state index contributed by atoms with van der Waals surface area (Å²) in [5.41, 5.74) is -1.73. The second-order valence-electron chi connectivity index (χ2n) is 7.69. The Labute approximate surface area is 145 Å². The fraction of sp³-hybridized carbons (Fsp3) is 0.556. The van der Waals surface area contributed by atoms with Gasteiger partial charge in [-0.1, -0.05) is 27.2 Å². The van der Waals surface area contributed by atoms with Crippen LogP contribution in [0.2, 0.25) is 0 Å². The second kappa shape index (κ2) is 6.46. The Morgan fingerprint density at radius 2 is 1.96 bits per heavy atom. The Morgan fingerprint density at radius 1 is 1.32 bits per heavy atom. The molecule has 0 aromatic carbocycles. The average molecular weight is 348 g/mol. The van der Waals surface area contributed by atoms with E-state index >= 15 is 0 Å². The quantitative estimate of drug-likeness (QED) is 0.751. The SMILES string of the molecule is CCCC(C)(NC(=O)c1cc2c([nH]c1=O)CC(C)(C)CC2=O)C(=O)O. The van der Waals surface area contributed by atoms with Crippen molar-refractivity contribution in [3.05, 3.63) is 33.2 Å². The van der Waals surface area contributed by atoms with E-state index in [-0.39, 0.29) is 23.2 Å². The van der Waals surface area contributed by atoms with Crippen LogP contribution >= 0.6 is 0 Å². The van der Waals surface area contributed by atoms with Crippen molar-refractivity contribution in [3.8, 4) is 0 Å². The van der Waals surface area contributed by atoms with Gasteiger partial charge >= 0.3 is 5.97 Å². The first-order chi connectivity index (χ1) is 11.5. The van der Waals surface area contributed by atoms with Crippen LogP contribution < -0.4 is 10.9 Å². The van der Waals surface area contributed by atoms with Crippen molar-refractivity contribution in [2.45, 2.75) is 58.9 Å². The van der Waals surface area contributed by atoms with E-state index < -0.39 is 23.0 Å². The number of ketones is 1. The molecular formula is C18H24N2O5. The summed E-state index contributed by atoms with van der Waals surface area (Å²) in [5, 5.41) is 11.8. The summed E-state index contributed by atoms with van der Waals surface area (Å²) in [6, 6.07) is 1.29. The standard InChI is InChI=1S/C18H24N2O5/c1-5-6-18(4,16(24)25)20-15(23)11-7-10-12(19-14(11)22)8-17(2,3)9-13(10)21/h7H,5-6,8-9H2,1-4H3,(H,19,22)(H,20,23)(H,24,25). The summed E-state index contributed by atoms with van der Waals surface area (Å²) in [4.78, 5) is 51.2. The van der Waals surface area contributed by atoms with Crippen LogP contribution in [0.3, 0.4) is 0 Å². The number of aliphatic carboxylic acids is 1. The number of amides is 1. The van der Waals surface area contributed by atoms with E-state index in [1.54, 1.807) is 6.92 Å². The van der Waals surface area contributed by atoms with Gasteiger partial charge in [-0.25, -0.2) is 4.79 Å². The zero-order valence-electron chi connectivity index (χ0n) is 15.0. The molecule has 0 saturated heterocycles. The van der Waals surface area contributed by atoms with Gasteiger partial charge in [0.2, 0.25) is 0 Å². The number of Topliss-reactive ketones (excluding diaryl/α,β-unsaturated/α-hetero) is 1. The molecule has 1 aromatic rings. The maximum Gasteiger partial charge on any atom is 0.329 e. The first kappa shape index (κ1) is 18.9. The molecule has 0 aliphatic heterocycles. The molecule has 136 valence electrons. The molecule has 0 fully saturated rings. The van der Waals surface area contributed by atoms with Crippen LogP contribution in [0.15, 0.2) is 10.9 Å². The summed E-state index contributed by atoms with van der Waals surface area (Å²) in [6.07, 6.45) is 1.64. The van der Waals surface area contributed by atoms with Gasteiger partial charge in [0.15, 0.2) is 5.78 Å². The van der Waals surface area contributed by atoms with Crippen molar-refractivity contribution < 1.29 is 19.5 Å². The van der Waals surface area contributed by atoms with Crippen LogP contribution in [0.5, 0.6) is 0 Å². The van der Waals surface area contributed by atoms with E-state index in [1.807, 2.05) is 13.8 Å². The van der Waals surface area contributed by atoms with Crippen molar-refractivity contribution in [1.29, 1.82) is 0 Å². The van der Waals surface area contributed by atoms with Gasteiger partial charge in [0.25, 0.3) is 11.5 Å². The van der Waals surface area contributed by atoms with Gasteiger partial charge in [-0.2, -0.15) is 0 Å². The van der Waals surface area contributed by atoms with Crippen molar-refractivity contribution >= 4 is 17.7 Å². The van der Waals surface area contributed by atoms with Gasteiger partial charge in [-0.15, -0.1) is 0 Å². The Hall–Kier alpha value is -2.44. The smallest absolute Gasteiger partial charge is 0.329 e. The van der Waals surface area contributed by atoms with E-state index in [0.29, 0.717) is 30.5 Å². The van der Waals surface area contributed by atoms with Crippen molar-refractivity contribution in [3.63, 3.8) is 0 Å². The molecule has 7 heteroatoms. The highest BCUT2D eigenvalue weighted by Gasteiger charge is 2.36. The summed E-state index contributed by atoms with van der Waals surface area (Å²) in [5.74, 6) is -2.10. The number of hydrogen-bond donors (Lipinski definition) is 3. The normalized spacial score (nSPS) is 18.2. The van der Waals surface area contributed by atoms with E-state index in [0.717, 1.165) is 0 Å². The van der Waals surface area contributed by atoms with Crippen LogP contribution in [-0.2, 0) is 11.2 Å². The lowest BCUT2D eigenvalue weighted by atomic mass is 9.75. The van der Waals surface area contributed by atoms with E-state index in [9.17, 15) is 24.3 Å². The van der Waals surface area contributed by atoms with Gasteiger partial charge in [0, 0.05) is 17.7 Å². The molecule has 2 rings (SSSR count). The predicted octanol–water partition coefficient (Wildman–Crippen LogP) is 1.90. The molecule has 1 aromatic heterocycles. The van der Waals surface area contributed by atoms with Crippen molar-refractivity contribution in [1.82, 2.24) is 10.3 Å². The van der Waals surface area contributed by atoms with Gasteiger partial charge in [0.1, 0.15) is 11.1 Å². The van der Waals surface area contributed by atoms with Crippen LogP contribution in [0, 0.1) is 5.41 Å². The monoisotopic (exact) mass is 348 g/mol. The summed E-state index contributed by atoms with van der Waals surface area (Å²) in [7, 11) is 0. The second-order valence-corrected chi connectivity index (χ2v) is 7.69. The van der Waals surface area contributed by atoms with Crippen LogP contribution in [-0.4, -0.2) is 33.3 Å². The minimum atomic E-state index is -1.47. The van der Waals surface area contributed by atoms with Crippen LogP contribution in [0.1, 0.15) is 73.4 Å². The predicted molar refractivity (Wildman–Crippen MR) is 91.9 cm³/mol. The third-order valence-electron chi connectivity index (χ3n) is 4.57. The number of rotatable bonds is 5. The Kier molecular flexibility index (Phi) is 4.88. The maximum atomic E-state index is 12.5. The molecule has 7 nitrogen and oxygen atoms in total. The van der Waals surface area contributed by atoms with Crippen molar-refractivity contribution in [2.24, 2.45) is 5.41 Å². The number of hydrogen-bond acceptors (Lipinski definition) is 4. The lowest BCUT2D eigenvalue weighted by Gasteiger charge is -2.30. The highest BCUT2D eigenvalue weighted by Crippen LogP contribution is 2.33. The molecule has 1 amide bonds. The largest absolute Gasteiger partial charge is 0.480 e. The number of carboxylic acids is 1. The van der Waals surface area contributed by atoms with Gasteiger partial charge in [0.05, 0.1) is 0 Å². The molecule has 1 atom stereocenters. The average Bonchev–Trinajstić information content (AvgIpc) is 2.45. The molecule has 1 aliphatic rings. The molecule has 25 heavy (non-hydrogen) atoms. The number of aromatic amines is 1. The summed E-state index contributed by atoms with van der Waals surface area (Å²) >= 11 is 0. The van der Waals surface area contributed by atoms with Crippen LogP contribution in [0.25, 0.3) is 0 Å². The number of aromatic nitrogens is 1. The number of carbonyl (C=O) groups is 3. The van der Waals surface area contributed by atoms with E-state index in [2.05, 4.69) is 10.3 Å². The Balaban J connectivity index is 2.40. The minimum absolute atomic E-state index is 0.133. The molecule has 0 saturated carbocycles. The lowest BCUT2D eigenvalue weighted by Crippen LogP contribution is -2.53. The number of pyridine rings is 1. The molecule has 1 unspecified atom stereocenters. The summed E-state index contributed by atoms with van der Waals surface area (Å²) < 4.78 is 0. The molecule has 1 aliphatic carbocycles. The molecule has 0 radical (unpaired) electrons. The Morgan fingerprint density at radius 3 is 2.52 bits per heavy atom. The topological polar surface area (TPSA) is 116 Å². The van der Waals surface area contributed by atoms with Crippen molar-refractivity contribution in [2.75, 3.05) is 0 Å². The fourth-order valence-electron chi connectivity index (χ4n) is 3.24. The van der Waals surface area contributed by atoms with E-state index in [4.69, 9.17) is 0 Å². The number of nitrogens with one attached hydrogen (secondary N) is 2. The van der Waals surface area contributed by atoms with Gasteiger partial charge < -0.3 is 15.4 Å². The molecule has 0 bridgehead atoms. The van der Waals surface area contributed by atoms with Crippen LogP contribution in [0.4, 0.5) is 0 Å². The minimum Gasteiger partial charge on any atom is -0.480 e. The molecular weight excluding hydrogens is 324 g/mol. The van der Waals surface area contributed by atoms with Gasteiger partial charge in [-0.05, 0) is 31.2 Å². The summed E-state index contributed by atoms with van der Waals surface area (Å²) in [6.45, 7) is 7.09. The lowest BCUT2D eigenvalue weighted by molar-refractivity contribution is -0.144. The maximum absolute atomic E-state index is 12.5. The molecule has 0 spiro atoms. The zero-order chi connectivity index (χ0) is 19.0. The van der Waals surface area contributed by atoms with E-state index in [1.165, 1.54) is 13.0 Å². The molecule has 1 heterocycles. The van der Waals surface area contributed by atoms with Gasteiger partial charge in [-0.3, -0.25) is 14.4 Å². The highest BCUT2D eigenvalue weighted by molar-refractivity contribution is 6.03. The first-order valence-corrected chi connectivity index (χ1v) is 8.34. The molecule has 3 N–H and O–H groups in total.